The zero-order valence-corrected chi connectivity index (χ0v) is 24.4. The molecule has 0 aliphatic rings. The normalized spacial score (nSPS) is 10.6. The summed E-state index contributed by atoms with van der Waals surface area (Å²) in [5.41, 5.74) is 1.49. The molecule has 2 heterocycles. The number of nitrogens with one attached hydrogen (secondary N) is 2. The maximum Gasteiger partial charge on any atom is 0.341 e. The number of rotatable bonds is 10. The van der Waals surface area contributed by atoms with E-state index in [0.29, 0.717) is 20.9 Å². The first kappa shape index (κ1) is 30.4. The Labute approximate surface area is 238 Å². The summed E-state index contributed by atoms with van der Waals surface area (Å²) >= 11 is 1.97. The fraction of sp³-hybridized carbons (Fsp3) is 0.286. The van der Waals surface area contributed by atoms with E-state index in [1.54, 1.807) is 27.7 Å². The molecule has 0 aliphatic heterocycles. The van der Waals surface area contributed by atoms with E-state index in [0.717, 1.165) is 22.7 Å². The van der Waals surface area contributed by atoms with Crippen molar-refractivity contribution in [1.82, 2.24) is 0 Å². The van der Waals surface area contributed by atoms with Crippen LogP contribution >= 0.6 is 22.7 Å². The predicted molar refractivity (Wildman–Crippen MR) is 152 cm³/mol. The fourth-order valence-electron chi connectivity index (χ4n) is 3.90. The van der Waals surface area contributed by atoms with Gasteiger partial charge in [0.2, 0.25) is 0 Å². The number of hydrogen-bond donors (Lipinski definition) is 2. The number of amides is 2. The Morgan fingerprint density at radius 2 is 0.975 bits per heavy atom. The zero-order valence-electron chi connectivity index (χ0n) is 22.8. The van der Waals surface area contributed by atoms with Gasteiger partial charge in [0.05, 0.1) is 34.1 Å². The van der Waals surface area contributed by atoms with Crippen molar-refractivity contribution < 1.29 is 38.2 Å². The van der Waals surface area contributed by atoms with Crippen LogP contribution in [0.5, 0.6) is 0 Å². The van der Waals surface area contributed by atoms with Gasteiger partial charge in [-0.25, -0.2) is 9.59 Å². The molecule has 3 aromatic rings. The summed E-state index contributed by atoms with van der Waals surface area (Å²) in [6.45, 7) is 9.54. The smallest absolute Gasteiger partial charge is 0.341 e. The van der Waals surface area contributed by atoms with Gasteiger partial charge >= 0.3 is 11.9 Å². The minimum Gasteiger partial charge on any atom is -0.462 e. The Balaban J connectivity index is 1.83. The Bertz CT molecular complexity index is 1400. The summed E-state index contributed by atoms with van der Waals surface area (Å²) in [5, 5.41) is 5.71. The SMILES string of the molecule is CCOC(=O)c1c(NC(=O)c2ccc(C(=O)Nc3sc(C(C)=O)c(C)c3C(=O)OCC)cc2)sc(C(C)=O)c1C. The third kappa shape index (κ3) is 6.35. The highest BCUT2D eigenvalue weighted by atomic mass is 32.1. The van der Waals surface area contributed by atoms with Gasteiger partial charge in [-0.15, -0.1) is 22.7 Å². The van der Waals surface area contributed by atoms with Gasteiger partial charge in [-0.2, -0.15) is 0 Å². The molecule has 0 saturated heterocycles. The molecule has 1 aromatic carbocycles. The molecule has 0 fully saturated rings. The molecule has 2 N–H and O–H groups in total. The molecule has 210 valence electrons. The van der Waals surface area contributed by atoms with Gasteiger partial charge < -0.3 is 20.1 Å². The molecular formula is C28H28N2O8S2. The number of carbonyl (C=O) groups is 6. The van der Waals surface area contributed by atoms with E-state index in [1.165, 1.54) is 38.1 Å². The van der Waals surface area contributed by atoms with Crippen LogP contribution in [0.3, 0.4) is 0 Å². The number of ether oxygens (including phenoxy) is 2. The van der Waals surface area contributed by atoms with Gasteiger partial charge in [-0.05, 0) is 76.9 Å². The molecule has 0 aliphatic carbocycles. The van der Waals surface area contributed by atoms with E-state index in [1.807, 2.05) is 0 Å². The molecular weight excluding hydrogens is 556 g/mol. The topological polar surface area (TPSA) is 145 Å². The van der Waals surface area contributed by atoms with E-state index in [4.69, 9.17) is 9.47 Å². The molecule has 2 amide bonds. The number of hydrogen-bond acceptors (Lipinski definition) is 10. The Hall–Kier alpha value is -4.16. The molecule has 40 heavy (non-hydrogen) atoms. The average Bonchev–Trinajstić information content (AvgIpc) is 3.40. The van der Waals surface area contributed by atoms with Crippen molar-refractivity contribution in [2.75, 3.05) is 23.8 Å². The van der Waals surface area contributed by atoms with E-state index < -0.39 is 23.8 Å². The minimum absolute atomic E-state index is 0.120. The number of thiophene rings is 2. The molecule has 10 nitrogen and oxygen atoms in total. The fourth-order valence-corrected chi connectivity index (χ4v) is 6.07. The van der Waals surface area contributed by atoms with Crippen LogP contribution in [0.25, 0.3) is 0 Å². The molecule has 0 bridgehead atoms. The van der Waals surface area contributed by atoms with Crippen LogP contribution in [-0.4, -0.2) is 48.5 Å². The van der Waals surface area contributed by atoms with Gasteiger partial charge in [0.25, 0.3) is 11.8 Å². The molecule has 0 saturated carbocycles. The van der Waals surface area contributed by atoms with E-state index in [-0.39, 0.29) is 57.0 Å². The number of carbonyl (C=O) groups excluding carboxylic acids is 6. The number of esters is 2. The summed E-state index contributed by atoms with van der Waals surface area (Å²) in [7, 11) is 0. The quantitative estimate of drug-likeness (QED) is 0.228. The number of anilines is 2. The first-order chi connectivity index (χ1) is 18.9. The summed E-state index contributed by atoms with van der Waals surface area (Å²) < 4.78 is 10.2. The van der Waals surface area contributed by atoms with Crippen molar-refractivity contribution >= 4 is 68.0 Å². The van der Waals surface area contributed by atoms with Crippen LogP contribution in [0.15, 0.2) is 24.3 Å². The van der Waals surface area contributed by atoms with Gasteiger partial charge in [0.15, 0.2) is 11.6 Å². The molecule has 0 spiro atoms. The van der Waals surface area contributed by atoms with Crippen molar-refractivity contribution in [2.24, 2.45) is 0 Å². The summed E-state index contributed by atoms with van der Waals surface area (Å²) in [6, 6.07) is 5.70. The van der Waals surface area contributed by atoms with Crippen molar-refractivity contribution in [3.8, 4) is 0 Å². The Morgan fingerprint density at radius 3 is 1.25 bits per heavy atom. The number of ketones is 2. The monoisotopic (exact) mass is 584 g/mol. The minimum atomic E-state index is -0.648. The third-order valence-electron chi connectivity index (χ3n) is 5.76. The highest BCUT2D eigenvalue weighted by molar-refractivity contribution is 7.19. The Morgan fingerprint density at radius 1 is 0.650 bits per heavy atom. The molecule has 0 atom stereocenters. The lowest BCUT2D eigenvalue weighted by atomic mass is 10.1. The van der Waals surface area contributed by atoms with Crippen molar-refractivity contribution in [1.29, 1.82) is 0 Å². The lowest BCUT2D eigenvalue weighted by Crippen LogP contribution is -2.16. The predicted octanol–water partition coefficient (Wildman–Crippen LogP) is 5.69. The molecule has 12 heteroatoms. The summed E-state index contributed by atoms with van der Waals surface area (Å²) in [6.07, 6.45) is 0. The first-order valence-electron chi connectivity index (χ1n) is 12.3. The zero-order chi connectivity index (χ0) is 29.7. The number of Topliss-reactive ketones (excluding diaryl/α,β-unsaturated/α-hetero) is 2. The molecule has 2 aromatic heterocycles. The van der Waals surface area contributed by atoms with Crippen LogP contribution in [0, 0.1) is 13.8 Å². The van der Waals surface area contributed by atoms with E-state index in [9.17, 15) is 28.8 Å². The molecule has 0 radical (unpaired) electrons. The second-order valence-corrected chi connectivity index (χ2v) is 10.6. The van der Waals surface area contributed by atoms with Gasteiger partial charge in [-0.3, -0.25) is 19.2 Å². The highest BCUT2D eigenvalue weighted by Gasteiger charge is 2.27. The second-order valence-electron chi connectivity index (χ2n) is 8.56. The van der Waals surface area contributed by atoms with Crippen molar-refractivity contribution in [3.05, 3.63) is 67.4 Å². The first-order valence-corrected chi connectivity index (χ1v) is 13.9. The van der Waals surface area contributed by atoms with Crippen LogP contribution in [0.2, 0.25) is 0 Å². The number of benzene rings is 1. The van der Waals surface area contributed by atoms with Crippen molar-refractivity contribution in [2.45, 2.75) is 41.5 Å². The summed E-state index contributed by atoms with van der Waals surface area (Å²) in [5.74, 6) is -2.90. The largest absolute Gasteiger partial charge is 0.462 e. The van der Waals surface area contributed by atoms with Gasteiger partial charge in [0, 0.05) is 11.1 Å². The van der Waals surface area contributed by atoms with Crippen LogP contribution in [0.1, 0.15) is 99.6 Å². The standard InChI is InChI=1S/C28H28N2O8S2/c1-7-37-27(35)19-13(3)21(15(5)31)39-25(19)29-23(33)17-9-11-18(12-10-17)24(34)30-26-20(28(36)38-8-2)14(4)22(40-26)16(6)32/h9-12H,7-8H2,1-6H3,(H,29,33)(H,30,34). The van der Waals surface area contributed by atoms with Crippen LogP contribution < -0.4 is 10.6 Å². The summed E-state index contributed by atoms with van der Waals surface area (Å²) in [4.78, 5) is 75.6. The van der Waals surface area contributed by atoms with Crippen LogP contribution in [-0.2, 0) is 9.47 Å². The Kier molecular flexibility index (Phi) is 9.72. The maximum atomic E-state index is 13.0. The lowest BCUT2D eigenvalue weighted by Gasteiger charge is -2.09. The maximum absolute atomic E-state index is 13.0. The molecule has 3 rings (SSSR count). The van der Waals surface area contributed by atoms with Crippen molar-refractivity contribution in [3.63, 3.8) is 0 Å². The second kappa shape index (κ2) is 12.8. The highest BCUT2D eigenvalue weighted by Crippen LogP contribution is 2.35. The van der Waals surface area contributed by atoms with Crippen LogP contribution in [0.4, 0.5) is 10.0 Å². The van der Waals surface area contributed by atoms with E-state index >= 15 is 0 Å². The molecule has 0 unspecified atom stereocenters. The lowest BCUT2D eigenvalue weighted by molar-refractivity contribution is 0.0517. The van der Waals surface area contributed by atoms with E-state index in [2.05, 4.69) is 10.6 Å². The average molecular weight is 585 g/mol. The van der Waals surface area contributed by atoms with Gasteiger partial charge in [-0.1, -0.05) is 0 Å². The third-order valence-corrected chi connectivity index (χ3v) is 8.37. The van der Waals surface area contributed by atoms with Gasteiger partial charge in [0.1, 0.15) is 10.0 Å².